The lowest BCUT2D eigenvalue weighted by atomic mass is 10.0. The number of hydrogen-bond donors (Lipinski definition) is 1. The fourth-order valence-corrected chi connectivity index (χ4v) is 6.09. The van der Waals surface area contributed by atoms with Crippen LogP contribution in [0.4, 0.5) is 5.69 Å². The molecule has 2 N–H and O–H groups in total. The number of nitrogen functional groups attached to an aromatic ring is 1. The Morgan fingerprint density at radius 2 is 2.32 bits per heavy atom. The van der Waals surface area contributed by atoms with Gasteiger partial charge in [0.2, 0.25) is 0 Å². The molecule has 0 aliphatic carbocycles. The van der Waals surface area contributed by atoms with E-state index in [1.54, 1.807) is 24.8 Å². The highest BCUT2D eigenvalue weighted by Crippen LogP contribution is 2.41. The SMILES string of the molecule is C=CSC(=NC)c1cc(-c2cccnc2)c2c(N)c(S(=O)CCCC)sc2n1. The van der Waals surface area contributed by atoms with E-state index in [4.69, 9.17) is 10.7 Å². The van der Waals surface area contributed by atoms with Crippen LogP contribution in [0.3, 0.4) is 0 Å². The summed E-state index contributed by atoms with van der Waals surface area (Å²) in [5.41, 5.74) is 9.63. The van der Waals surface area contributed by atoms with Crippen molar-refractivity contribution < 1.29 is 4.21 Å². The summed E-state index contributed by atoms with van der Waals surface area (Å²) in [6.07, 6.45) is 5.43. The van der Waals surface area contributed by atoms with Crippen molar-refractivity contribution in [1.82, 2.24) is 9.97 Å². The molecule has 0 aliphatic heterocycles. The maximum Gasteiger partial charge on any atom is 0.128 e. The molecule has 8 heteroatoms. The number of rotatable bonds is 7. The third-order valence-electron chi connectivity index (χ3n) is 4.14. The second-order valence-corrected chi connectivity index (χ2v) is 9.72. The summed E-state index contributed by atoms with van der Waals surface area (Å²) < 4.78 is 13.5. The maximum absolute atomic E-state index is 12.8. The molecule has 0 saturated carbocycles. The molecule has 0 fully saturated rings. The normalized spacial score (nSPS) is 13.0. The van der Waals surface area contributed by atoms with Crippen LogP contribution >= 0.6 is 23.1 Å². The Hall–Kier alpha value is -2.03. The van der Waals surface area contributed by atoms with E-state index in [2.05, 4.69) is 23.5 Å². The Bertz CT molecular complexity index is 1040. The first-order valence-corrected chi connectivity index (χ1v) is 11.9. The molecule has 0 spiro atoms. The molecule has 0 radical (unpaired) electrons. The summed E-state index contributed by atoms with van der Waals surface area (Å²) in [7, 11) is 0.603. The number of thioether (sulfide) groups is 1. The summed E-state index contributed by atoms with van der Waals surface area (Å²) >= 11 is 2.82. The fraction of sp³-hybridized carbons (Fsp3) is 0.250. The van der Waals surface area contributed by atoms with Gasteiger partial charge in [-0.1, -0.05) is 37.8 Å². The van der Waals surface area contributed by atoms with Gasteiger partial charge >= 0.3 is 0 Å². The van der Waals surface area contributed by atoms with Crippen molar-refractivity contribution in [1.29, 1.82) is 0 Å². The largest absolute Gasteiger partial charge is 0.396 e. The number of unbranched alkanes of at least 4 members (excludes halogenated alkanes) is 1. The Labute approximate surface area is 175 Å². The summed E-state index contributed by atoms with van der Waals surface area (Å²) in [6.45, 7) is 5.86. The highest BCUT2D eigenvalue weighted by Gasteiger charge is 2.21. The number of aliphatic imine (C=N–C) groups is 1. The first-order valence-electron chi connectivity index (χ1n) is 8.87. The van der Waals surface area contributed by atoms with Gasteiger partial charge in [0.25, 0.3) is 0 Å². The minimum atomic E-state index is -1.13. The van der Waals surface area contributed by atoms with Crippen LogP contribution in [0.15, 0.2) is 51.8 Å². The molecule has 1 unspecified atom stereocenters. The van der Waals surface area contributed by atoms with Gasteiger partial charge in [-0.3, -0.25) is 14.2 Å². The zero-order valence-corrected chi connectivity index (χ0v) is 18.3. The minimum absolute atomic E-state index is 0.554. The summed E-state index contributed by atoms with van der Waals surface area (Å²) in [4.78, 5) is 14.1. The van der Waals surface area contributed by atoms with Crippen molar-refractivity contribution in [2.75, 3.05) is 18.5 Å². The number of anilines is 1. The van der Waals surface area contributed by atoms with Crippen molar-refractivity contribution in [2.24, 2.45) is 4.99 Å². The minimum Gasteiger partial charge on any atom is -0.396 e. The van der Waals surface area contributed by atoms with Crippen molar-refractivity contribution in [3.63, 3.8) is 0 Å². The quantitative estimate of drug-likeness (QED) is 0.416. The van der Waals surface area contributed by atoms with Gasteiger partial charge in [-0.15, -0.1) is 11.3 Å². The van der Waals surface area contributed by atoms with E-state index >= 15 is 0 Å². The Morgan fingerprint density at radius 1 is 1.50 bits per heavy atom. The van der Waals surface area contributed by atoms with Gasteiger partial charge in [0.05, 0.1) is 22.2 Å². The van der Waals surface area contributed by atoms with Gasteiger partial charge in [-0.25, -0.2) is 4.98 Å². The van der Waals surface area contributed by atoms with Crippen molar-refractivity contribution in [3.8, 4) is 11.1 Å². The molecule has 0 bridgehead atoms. The van der Waals surface area contributed by atoms with Crippen molar-refractivity contribution in [3.05, 3.63) is 48.3 Å². The predicted molar refractivity (Wildman–Crippen MR) is 124 cm³/mol. The number of fused-ring (bicyclic) bond motifs is 1. The number of hydrogen-bond acceptors (Lipinski definition) is 7. The molecule has 3 heterocycles. The lowest BCUT2D eigenvalue weighted by Crippen LogP contribution is -2.00. The smallest absolute Gasteiger partial charge is 0.128 e. The van der Waals surface area contributed by atoms with Crippen LogP contribution in [0.5, 0.6) is 0 Å². The first-order chi connectivity index (χ1) is 13.6. The molecule has 0 saturated heterocycles. The van der Waals surface area contributed by atoms with E-state index in [1.165, 1.54) is 23.1 Å². The number of pyridine rings is 2. The van der Waals surface area contributed by atoms with Crippen LogP contribution in [-0.4, -0.2) is 32.0 Å². The highest BCUT2D eigenvalue weighted by molar-refractivity contribution is 8.16. The van der Waals surface area contributed by atoms with Crippen LogP contribution < -0.4 is 5.73 Å². The topological polar surface area (TPSA) is 81.2 Å². The average molecular weight is 431 g/mol. The number of thiophene rings is 1. The first kappa shape index (κ1) is 20.7. The summed E-state index contributed by atoms with van der Waals surface area (Å²) in [5.74, 6) is 0.608. The zero-order chi connectivity index (χ0) is 20.1. The van der Waals surface area contributed by atoms with Gasteiger partial charge in [0, 0.05) is 36.1 Å². The van der Waals surface area contributed by atoms with Gasteiger partial charge in [0.15, 0.2) is 0 Å². The zero-order valence-electron chi connectivity index (χ0n) is 15.8. The van der Waals surface area contributed by atoms with Crippen LogP contribution in [0, 0.1) is 0 Å². The van der Waals surface area contributed by atoms with Gasteiger partial charge < -0.3 is 5.73 Å². The van der Waals surface area contributed by atoms with E-state index in [9.17, 15) is 4.21 Å². The van der Waals surface area contributed by atoms with Gasteiger partial charge in [0.1, 0.15) is 14.1 Å². The van der Waals surface area contributed by atoms with Gasteiger partial charge in [-0.05, 0) is 29.5 Å². The lowest BCUT2D eigenvalue weighted by molar-refractivity contribution is 0.681. The number of nitrogens with zero attached hydrogens (tertiary/aromatic N) is 3. The van der Waals surface area contributed by atoms with Gasteiger partial charge in [-0.2, -0.15) is 0 Å². The van der Waals surface area contributed by atoms with E-state index in [0.29, 0.717) is 15.6 Å². The Balaban J connectivity index is 2.25. The molecule has 1 atom stereocenters. The Morgan fingerprint density at radius 3 is 2.96 bits per heavy atom. The van der Waals surface area contributed by atoms with Crippen LogP contribution in [0.25, 0.3) is 21.3 Å². The molecule has 0 amide bonds. The van der Waals surface area contributed by atoms with Crippen molar-refractivity contribution in [2.45, 2.75) is 24.0 Å². The molecule has 5 nitrogen and oxygen atoms in total. The molecule has 3 rings (SSSR count). The Kier molecular flexibility index (Phi) is 6.98. The summed E-state index contributed by atoms with van der Waals surface area (Å²) in [5, 5.41) is 3.33. The molecule has 3 aromatic heterocycles. The second-order valence-electron chi connectivity index (χ2n) is 6.00. The van der Waals surface area contributed by atoms with E-state index in [1.807, 2.05) is 18.2 Å². The third kappa shape index (κ3) is 4.19. The molecule has 28 heavy (non-hydrogen) atoms. The molecular formula is C20H22N4OS3. The maximum atomic E-state index is 12.8. The van der Waals surface area contributed by atoms with Crippen LogP contribution in [0.1, 0.15) is 25.5 Å². The van der Waals surface area contributed by atoms with Crippen molar-refractivity contribution >= 4 is 54.8 Å². The molecule has 0 aliphatic rings. The summed E-state index contributed by atoms with van der Waals surface area (Å²) in [6, 6.07) is 5.84. The van der Waals surface area contributed by atoms with E-state index in [0.717, 1.165) is 44.9 Å². The highest BCUT2D eigenvalue weighted by atomic mass is 32.2. The van der Waals surface area contributed by atoms with Crippen LogP contribution in [0.2, 0.25) is 0 Å². The average Bonchev–Trinajstić information content (AvgIpc) is 3.06. The molecular weight excluding hydrogens is 408 g/mol. The van der Waals surface area contributed by atoms with E-state index in [-0.39, 0.29) is 0 Å². The molecule has 0 aromatic carbocycles. The fourth-order valence-electron chi connectivity index (χ4n) is 2.80. The number of aromatic nitrogens is 2. The monoisotopic (exact) mass is 430 g/mol. The molecule has 146 valence electrons. The second kappa shape index (κ2) is 9.45. The lowest BCUT2D eigenvalue weighted by Gasteiger charge is -2.09. The van der Waals surface area contributed by atoms with Crippen LogP contribution in [-0.2, 0) is 10.8 Å². The standard InChI is InChI=1S/C20H22N4OS3/c1-4-6-10-28(25)20-17(21)16-14(13-8-7-9-23-12-13)11-15(24-19(16)27-20)18(22-3)26-5-2/h5,7-9,11-12H,2,4,6,10,21H2,1,3H3. The number of nitrogens with two attached hydrogens (primary N) is 1. The third-order valence-corrected chi connectivity index (χ3v) is 7.92. The van der Waals surface area contributed by atoms with E-state index < -0.39 is 10.8 Å². The predicted octanol–water partition coefficient (Wildman–Crippen LogP) is 5.10. The molecule has 3 aromatic rings.